The molecule has 2 aromatic rings. The maximum Gasteiger partial charge on any atom is 0.407 e. The summed E-state index contributed by atoms with van der Waals surface area (Å²) in [6.07, 6.45) is -0.331. The van der Waals surface area contributed by atoms with Crippen LogP contribution >= 0.6 is 0 Å². The van der Waals surface area contributed by atoms with E-state index in [2.05, 4.69) is 10.3 Å². The Morgan fingerprint density at radius 2 is 2.04 bits per heavy atom. The number of rotatable bonds is 7. The molecule has 118 valence electrons. The Morgan fingerprint density at radius 1 is 1.30 bits per heavy atom. The fourth-order valence-corrected chi connectivity index (χ4v) is 2.08. The molecule has 0 bridgehead atoms. The van der Waals surface area contributed by atoms with Crippen LogP contribution in [0, 0.1) is 5.39 Å². The molecule has 1 unspecified atom stereocenters. The minimum absolute atomic E-state index is 0.0618. The molecule has 0 aliphatic rings. The molecule has 7 nitrogen and oxygen atoms in total. The summed E-state index contributed by atoms with van der Waals surface area (Å²) < 4.78 is 20.3. The van der Waals surface area contributed by atoms with E-state index in [4.69, 9.17) is 14.9 Å². The van der Waals surface area contributed by atoms with Gasteiger partial charge < -0.3 is 14.8 Å². The first-order chi connectivity index (χ1) is 10.9. The second-order valence-corrected chi connectivity index (χ2v) is 4.81. The molecular weight excluding hydrogens is 305 g/mol. The van der Waals surface area contributed by atoms with E-state index in [9.17, 15) is 9.59 Å². The zero-order valence-electron chi connectivity index (χ0n) is 11.9. The van der Waals surface area contributed by atoms with Gasteiger partial charge in [0.2, 0.25) is 11.2 Å². The van der Waals surface area contributed by atoms with Gasteiger partial charge in [0.15, 0.2) is 10.7 Å². The summed E-state index contributed by atoms with van der Waals surface area (Å²) in [5.74, 6) is -4.83. The number of hydrogen-bond acceptors (Lipinski definition) is 5. The highest BCUT2D eigenvalue weighted by atomic mass is 19.1. The third kappa shape index (κ3) is 3.91. The molecule has 0 saturated heterocycles. The average molecular weight is 318 g/mol. The van der Waals surface area contributed by atoms with Crippen molar-refractivity contribution in [1.29, 1.82) is 5.39 Å². The lowest BCUT2D eigenvalue weighted by Crippen LogP contribution is -2.33. The van der Waals surface area contributed by atoms with Crippen molar-refractivity contribution in [3.05, 3.63) is 53.4 Å². The number of halogens is 1. The molecule has 0 aliphatic heterocycles. The first-order valence-corrected chi connectivity index (χ1v) is 6.63. The Kier molecular flexibility index (Phi) is 4.71. The number of para-hydroxylation sites is 1. The van der Waals surface area contributed by atoms with E-state index in [1.807, 2.05) is 0 Å². The molecule has 0 saturated carbocycles. The van der Waals surface area contributed by atoms with E-state index in [0.29, 0.717) is 0 Å². The number of carbonyl (C=O) groups is 2. The van der Waals surface area contributed by atoms with Crippen molar-refractivity contribution in [1.82, 2.24) is 0 Å². The summed E-state index contributed by atoms with van der Waals surface area (Å²) in [6.45, 7) is 0. The second kappa shape index (κ2) is 6.70. The molecule has 0 amide bonds. The number of benzene rings is 1. The number of carbonyl (C=O) groups excluding carboxylic acids is 1. The maximum atomic E-state index is 15.3. The van der Waals surface area contributed by atoms with Crippen LogP contribution in [0.4, 0.5) is 15.8 Å². The van der Waals surface area contributed by atoms with Crippen LogP contribution in [0.15, 0.2) is 47.1 Å². The van der Waals surface area contributed by atoms with Crippen LogP contribution in [0.5, 0.6) is 0 Å². The quantitative estimate of drug-likeness (QED) is 0.460. The molecule has 0 aliphatic carbocycles. The summed E-state index contributed by atoms with van der Waals surface area (Å²) in [5.41, 5.74) is 0.184. The van der Waals surface area contributed by atoms with Crippen LogP contribution < -0.4 is 5.32 Å². The van der Waals surface area contributed by atoms with Gasteiger partial charge in [-0.05, 0) is 18.2 Å². The molecule has 0 fully saturated rings. The Balaban J connectivity index is 2.33. The number of furan rings is 1. The predicted molar refractivity (Wildman–Crippen MR) is 78.2 cm³/mol. The number of nitrogens with one attached hydrogen (secondary N) is 1. The molecule has 0 spiro atoms. The van der Waals surface area contributed by atoms with Gasteiger partial charge >= 0.3 is 11.7 Å². The molecule has 1 atom stereocenters. The number of nitrogens with zero attached hydrogens (tertiary/aromatic N) is 2. The Morgan fingerprint density at radius 3 is 2.65 bits per heavy atom. The molecule has 23 heavy (non-hydrogen) atoms. The van der Waals surface area contributed by atoms with Gasteiger partial charge in [0, 0.05) is 6.07 Å². The Bertz CT molecular complexity index is 754. The van der Waals surface area contributed by atoms with Crippen LogP contribution in [-0.2, 0) is 15.4 Å². The first kappa shape index (κ1) is 16.2. The topological polar surface area (TPSA) is 108 Å². The van der Waals surface area contributed by atoms with Gasteiger partial charge in [-0.25, -0.2) is 4.39 Å². The minimum atomic E-state index is -2.48. The van der Waals surface area contributed by atoms with E-state index in [1.165, 1.54) is 30.5 Å². The zero-order chi connectivity index (χ0) is 16.9. The van der Waals surface area contributed by atoms with Gasteiger partial charge in [-0.1, -0.05) is 12.1 Å². The van der Waals surface area contributed by atoms with Crippen molar-refractivity contribution in [3.8, 4) is 0 Å². The standard InChI is InChI=1S/C15H12FN3O4/c16-15(13-6-3-7-23-13,9-10(20)8-14(21)22)18-11-4-1-2-5-12(11)19-17/h1-7,18H,8-9H2/p+1. The normalized spacial score (nSPS) is 12.9. The van der Waals surface area contributed by atoms with E-state index in [0.717, 1.165) is 0 Å². The van der Waals surface area contributed by atoms with Crippen LogP contribution in [0.2, 0.25) is 0 Å². The highest BCUT2D eigenvalue weighted by molar-refractivity contribution is 5.95. The molecule has 0 radical (unpaired) electrons. The lowest BCUT2D eigenvalue weighted by molar-refractivity contribution is -0.140. The number of hydrogen-bond donors (Lipinski definition) is 2. The van der Waals surface area contributed by atoms with Crippen molar-refractivity contribution < 1.29 is 23.5 Å². The molecule has 1 aromatic carbocycles. The van der Waals surface area contributed by atoms with Crippen molar-refractivity contribution in [3.63, 3.8) is 0 Å². The Labute approximate surface area is 130 Å². The highest BCUT2D eigenvalue weighted by Crippen LogP contribution is 2.36. The summed E-state index contributed by atoms with van der Waals surface area (Å²) in [4.78, 5) is 25.4. The smallest absolute Gasteiger partial charge is 0.407 e. The first-order valence-electron chi connectivity index (χ1n) is 6.63. The van der Waals surface area contributed by atoms with E-state index in [-0.39, 0.29) is 17.1 Å². The van der Waals surface area contributed by atoms with Crippen molar-refractivity contribution >= 4 is 23.1 Å². The van der Waals surface area contributed by atoms with Crippen LogP contribution in [-0.4, -0.2) is 16.9 Å². The SMILES string of the molecule is N#[N+]c1ccccc1NC(F)(CC(=O)CC(=O)O)c1ccco1. The van der Waals surface area contributed by atoms with Crippen molar-refractivity contribution in [2.45, 2.75) is 18.6 Å². The highest BCUT2D eigenvalue weighted by Gasteiger charge is 2.39. The summed E-state index contributed by atoms with van der Waals surface area (Å²) >= 11 is 0. The Hall–Kier alpha value is -3.21. The second-order valence-electron chi connectivity index (χ2n) is 4.81. The predicted octanol–water partition coefficient (Wildman–Crippen LogP) is 3.43. The van der Waals surface area contributed by atoms with Gasteiger partial charge in [-0.2, -0.15) is 0 Å². The van der Waals surface area contributed by atoms with Gasteiger partial charge in [-0.15, -0.1) is 0 Å². The number of ketones is 1. The maximum absolute atomic E-state index is 15.3. The average Bonchev–Trinajstić information content (AvgIpc) is 3.01. The van der Waals surface area contributed by atoms with E-state index < -0.39 is 30.4 Å². The largest absolute Gasteiger partial charge is 0.481 e. The fraction of sp³-hybridized carbons (Fsp3) is 0.200. The molecule has 8 heteroatoms. The van der Waals surface area contributed by atoms with Gasteiger partial charge in [0.05, 0.1) is 12.7 Å². The third-order valence-corrected chi connectivity index (χ3v) is 3.05. The monoisotopic (exact) mass is 318 g/mol. The molecular formula is C15H13FN3O4+. The zero-order valence-corrected chi connectivity index (χ0v) is 11.9. The van der Waals surface area contributed by atoms with E-state index >= 15 is 4.39 Å². The molecule has 1 heterocycles. The fourth-order valence-electron chi connectivity index (χ4n) is 2.08. The van der Waals surface area contributed by atoms with Crippen LogP contribution in [0.1, 0.15) is 18.6 Å². The number of anilines is 1. The number of aliphatic carboxylic acids is 1. The molecule has 2 rings (SSSR count). The van der Waals surface area contributed by atoms with Crippen molar-refractivity contribution in [2.24, 2.45) is 0 Å². The summed E-state index contributed by atoms with van der Waals surface area (Å²) in [5, 5.41) is 20.0. The number of Topliss-reactive ketones (excluding diaryl/α,β-unsaturated/α-hetero) is 1. The van der Waals surface area contributed by atoms with Crippen LogP contribution in [0.25, 0.3) is 4.98 Å². The number of diazo groups is 1. The number of alkyl halides is 1. The summed E-state index contributed by atoms with van der Waals surface area (Å²) in [7, 11) is 0. The van der Waals surface area contributed by atoms with Gasteiger partial charge in [0.25, 0.3) is 0 Å². The number of carboxylic acid groups (broad SMARTS) is 1. The van der Waals surface area contributed by atoms with E-state index in [1.54, 1.807) is 12.1 Å². The van der Waals surface area contributed by atoms with Crippen LogP contribution in [0.3, 0.4) is 0 Å². The lowest BCUT2D eigenvalue weighted by Gasteiger charge is -2.24. The van der Waals surface area contributed by atoms with Gasteiger partial charge in [-0.3, -0.25) is 9.59 Å². The summed E-state index contributed by atoms with van der Waals surface area (Å²) in [6, 6.07) is 8.81. The third-order valence-electron chi connectivity index (χ3n) is 3.05. The minimum Gasteiger partial charge on any atom is -0.481 e. The molecule has 2 N–H and O–H groups in total. The lowest BCUT2D eigenvalue weighted by atomic mass is 10.0. The van der Waals surface area contributed by atoms with Gasteiger partial charge in [0.1, 0.15) is 17.9 Å². The van der Waals surface area contributed by atoms with Crippen molar-refractivity contribution in [2.75, 3.05) is 5.32 Å². The number of carboxylic acids is 1. The molecule has 1 aromatic heterocycles.